The predicted octanol–water partition coefficient (Wildman–Crippen LogP) is 2.24. The summed E-state index contributed by atoms with van der Waals surface area (Å²) in [6.07, 6.45) is 1.84. The van der Waals surface area contributed by atoms with E-state index in [1.54, 1.807) is 10.7 Å². The second-order valence-electron chi connectivity index (χ2n) is 5.64. The van der Waals surface area contributed by atoms with Gasteiger partial charge in [0.1, 0.15) is 6.04 Å². The molecule has 0 aliphatic carbocycles. The SMILES string of the molecule is Cc1ccc(C(N)C(=O)Nc2ccn(CCN(C)C)n2)cc1.Cl.Cl. The summed E-state index contributed by atoms with van der Waals surface area (Å²) < 4.78 is 1.80. The molecule has 0 fully saturated rings. The van der Waals surface area contributed by atoms with E-state index in [1.165, 1.54) is 0 Å². The first-order valence-electron chi connectivity index (χ1n) is 7.27. The van der Waals surface area contributed by atoms with Gasteiger partial charge in [-0.3, -0.25) is 9.48 Å². The largest absolute Gasteiger partial charge is 0.316 e. The molecule has 1 aromatic carbocycles. The molecule has 6 nitrogen and oxygen atoms in total. The van der Waals surface area contributed by atoms with Gasteiger partial charge in [0.15, 0.2) is 5.82 Å². The van der Waals surface area contributed by atoms with Gasteiger partial charge in [-0.25, -0.2) is 0 Å². The number of hydrogen-bond acceptors (Lipinski definition) is 4. The Morgan fingerprint density at radius 3 is 2.46 bits per heavy atom. The Bertz CT molecular complexity index is 628. The number of aromatic nitrogens is 2. The lowest BCUT2D eigenvalue weighted by molar-refractivity contribution is -0.117. The number of nitrogens with two attached hydrogens (primary N) is 1. The third-order valence-electron chi connectivity index (χ3n) is 3.39. The molecule has 1 atom stereocenters. The molecule has 0 aliphatic rings. The summed E-state index contributed by atoms with van der Waals surface area (Å²) in [6.45, 7) is 3.65. The lowest BCUT2D eigenvalue weighted by Crippen LogP contribution is -2.28. The van der Waals surface area contributed by atoms with Crippen LogP contribution in [-0.2, 0) is 11.3 Å². The molecule has 1 unspecified atom stereocenters. The number of benzene rings is 1. The third kappa shape index (κ3) is 6.49. The van der Waals surface area contributed by atoms with E-state index in [2.05, 4.69) is 15.3 Å². The lowest BCUT2D eigenvalue weighted by Gasteiger charge is -2.12. The average molecular weight is 374 g/mol. The molecule has 0 aliphatic heterocycles. The van der Waals surface area contributed by atoms with Gasteiger partial charge in [-0.15, -0.1) is 24.8 Å². The molecule has 2 rings (SSSR count). The number of carbonyl (C=O) groups excluding carboxylic acids is 1. The fourth-order valence-electron chi connectivity index (χ4n) is 1.98. The Morgan fingerprint density at radius 2 is 1.88 bits per heavy atom. The zero-order valence-electron chi connectivity index (χ0n) is 14.1. The summed E-state index contributed by atoms with van der Waals surface area (Å²) in [7, 11) is 4.01. The molecular weight excluding hydrogens is 349 g/mol. The number of halogens is 2. The second kappa shape index (κ2) is 10.3. The Kier molecular flexibility index (Phi) is 9.62. The number of aryl methyl sites for hydroxylation is 1. The number of likely N-dealkylation sites (N-methyl/N-ethyl adjacent to an activating group) is 1. The number of nitrogens with zero attached hydrogens (tertiary/aromatic N) is 3. The zero-order valence-corrected chi connectivity index (χ0v) is 15.7. The van der Waals surface area contributed by atoms with Crippen molar-refractivity contribution in [2.24, 2.45) is 5.73 Å². The zero-order chi connectivity index (χ0) is 16.1. The van der Waals surface area contributed by atoms with Crippen molar-refractivity contribution in [1.29, 1.82) is 0 Å². The van der Waals surface area contributed by atoms with Crippen LogP contribution in [0.2, 0.25) is 0 Å². The Labute approximate surface area is 155 Å². The van der Waals surface area contributed by atoms with Crippen molar-refractivity contribution in [2.45, 2.75) is 19.5 Å². The topological polar surface area (TPSA) is 76.2 Å². The van der Waals surface area contributed by atoms with Gasteiger partial charge >= 0.3 is 0 Å². The number of amides is 1. The molecule has 1 aromatic heterocycles. The molecule has 3 N–H and O–H groups in total. The van der Waals surface area contributed by atoms with E-state index in [0.717, 1.165) is 24.2 Å². The van der Waals surface area contributed by atoms with Crippen LogP contribution < -0.4 is 11.1 Å². The van der Waals surface area contributed by atoms with E-state index in [0.29, 0.717) is 5.82 Å². The van der Waals surface area contributed by atoms with Gasteiger partial charge in [0, 0.05) is 18.8 Å². The number of anilines is 1. The van der Waals surface area contributed by atoms with Crippen molar-refractivity contribution in [1.82, 2.24) is 14.7 Å². The molecular formula is C16H25Cl2N5O. The van der Waals surface area contributed by atoms with Gasteiger partial charge in [-0.05, 0) is 26.6 Å². The van der Waals surface area contributed by atoms with Crippen molar-refractivity contribution in [3.63, 3.8) is 0 Å². The van der Waals surface area contributed by atoms with Crippen LogP contribution in [-0.4, -0.2) is 41.2 Å². The lowest BCUT2D eigenvalue weighted by atomic mass is 10.1. The van der Waals surface area contributed by atoms with Crippen molar-refractivity contribution in [2.75, 3.05) is 26.0 Å². The molecule has 0 radical (unpaired) electrons. The van der Waals surface area contributed by atoms with Crippen LogP contribution in [0.1, 0.15) is 17.2 Å². The first-order valence-corrected chi connectivity index (χ1v) is 7.27. The molecule has 0 saturated heterocycles. The maximum absolute atomic E-state index is 12.2. The van der Waals surface area contributed by atoms with Gasteiger partial charge in [0.05, 0.1) is 6.54 Å². The monoisotopic (exact) mass is 373 g/mol. The highest BCUT2D eigenvalue weighted by Gasteiger charge is 2.16. The predicted molar refractivity (Wildman–Crippen MR) is 102 cm³/mol. The molecule has 0 bridgehead atoms. The van der Waals surface area contributed by atoms with E-state index in [-0.39, 0.29) is 30.7 Å². The standard InChI is InChI=1S/C16H23N5O.2ClH/c1-12-4-6-13(7-5-12)15(17)16(22)18-14-8-9-21(19-14)11-10-20(2)3;;/h4-9,15H,10-11,17H2,1-3H3,(H,18,19,22);2*1H. The molecule has 1 heterocycles. The minimum Gasteiger partial charge on any atom is -0.316 e. The van der Waals surface area contributed by atoms with Crippen molar-refractivity contribution >= 4 is 36.5 Å². The highest BCUT2D eigenvalue weighted by atomic mass is 35.5. The summed E-state index contributed by atoms with van der Waals surface area (Å²) in [5.74, 6) is 0.257. The van der Waals surface area contributed by atoms with Gasteiger partial charge in [-0.2, -0.15) is 5.10 Å². The van der Waals surface area contributed by atoms with E-state index in [4.69, 9.17) is 5.73 Å². The number of rotatable bonds is 6. The number of hydrogen-bond donors (Lipinski definition) is 2. The Balaban J connectivity index is 0.00000264. The molecule has 1 amide bonds. The van der Waals surface area contributed by atoms with E-state index < -0.39 is 6.04 Å². The van der Waals surface area contributed by atoms with Crippen LogP contribution in [0.15, 0.2) is 36.5 Å². The van der Waals surface area contributed by atoms with E-state index in [9.17, 15) is 4.79 Å². The van der Waals surface area contributed by atoms with E-state index in [1.807, 2.05) is 51.5 Å². The summed E-state index contributed by atoms with van der Waals surface area (Å²) in [5.41, 5.74) is 7.91. The second-order valence-corrected chi connectivity index (χ2v) is 5.64. The summed E-state index contributed by atoms with van der Waals surface area (Å²) in [4.78, 5) is 14.3. The minimum atomic E-state index is -0.701. The summed E-state index contributed by atoms with van der Waals surface area (Å²) in [5, 5.41) is 7.07. The van der Waals surface area contributed by atoms with Crippen molar-refractivity contribution in [3.05, 3.63) is 47.7 Å². The maximum atomic E-state index is 12.2. The number of nitrogens with one attached hydrogen (secondary N) is 1. The van der Waals surface area contributed by atoms with Gasteiger partial charge in [0.25, 0.3) is 0 Å². The first-order chi connectivity index (χ1) is 10.5. The summed E-state index contributed by atoms with van der Waals surface area (Å²) in [6, 6.07) is 8.70. The highest BCUT2D eigenvalue weighted by Crippen LogP contribution is 2.14. The molecule has 0 spiro atoms. The van der Waals surface area contributed by atoms with Crippen molar-refractivity contribution < 1.29 is 4.79 Å². The van der Waals surface area contributed by atoms with Crippen LogP contribution in [0.3, 0.4) is 0 Å². The fraction of sp³-hybridized carbons (Fsp3) is 0.375. The van der Waals surface area contributed by atoms with Crippen LogP contribution in [0, 0.1) is 6.92 Å². The maximum Gasteiger partial charge on any atom is 0.247 e. The van der Waals surface area contributed by atoms with Gasteiger partial charge in [0.2, 0.25) is 5.91 Å². The first kappa shape index (κ1) is 22.4. The summed E-state index contributed by atoms with van der Waals surface area (Å²) >= 11 is 0. The smallest absolute Gasteiger partial charge is 0.247 e. The van der Waals surface area contributed by atoms with Crippen LogP contribution in [0.4, 0.5) is 5.82 Å². The van der Waals surface area contributed by atoms with Crippen LogP contribution in [0.5, 0.6) is 0 Å². The molecule has 134 valence electrons. The van der Waals surface area contributed by atoms with Crippen LogP contribution >= 0.6 is 24.8 Å². The van der Waals surface area contributed by atoms with E-state index >= 15 is 0 Å². The Hall–Kier alpha value is -1.60. The van der Waals surface area contributed by atoms with Crippen LogP contribution in [0.25, 0.3) is 0 Å². The van der Waals surface area contributed by atoms with Gasteiger partial charge < -0.3 is 16.0 Å². The molecule has 24 heavy (non-hydrogen) atoms. The molecule has 8 heteroatoms. The third-order valence-corrected chi connectivity index (χ3v) is 3.39. The minimum absolute atomic E-state index is 0. The average Bonchev–Trinajstić information content (AvgIpc) is 2.92. The Morgan fingerprint density at radius 1 is 1.25 bits per heavy atom. The molecule has 0 saturated carbocycles. The normalized spacial score (nSPS) is 11.4. The van der Waals surface area contributed by atoms with Gasteiger partial charge in [-0.1, -0.05) is 29.8 Å². The molecule has 2 aromatic rings. The highest BCUT2D eigenvalue weighted by molar-refractivity contribution is 5.94. The van der Waals surface area contributed by atoms with Crippen molar-refractivity contribution in [3.8, 4) is 0 Å². The quantitative estimate of drug-likeness (QED) is 0.813. The fourth-order valence-corrected chi connectivity index (χ4v) is 1.98. The number of carbonyl (C=O) groups is 1.